The lowest BCUT2D eigenvalue weighted by Crippen LogP contribution is -2.30. The first-order chi connectivity index (χ1) is 15.1. The van der Waals surface area contributed by atoms with Crippen molar-refractivity contribution in [3.8, 4) is 0 Å². The van der Waals surface area contributed by atoms with Crippen molar-refractivity contribution in [3.63, 3.8) is 0 Å². The number of carbonyl (C=O) groups excluding carboxylic acids is 2. The van der Waals surface area contributed by atoms with Crippen molar-refractivity contribution in [2.75, 3.05) is 18.4 Å². The topological polar surface area (TPSA) is 74.6 Å². The Hall–Kier alpha value is -3.64. The van der Waals surface area contributed by atoms with Gasteiger partial charge in [0.1, 0.15) is 11.5 Å². The lowest BCUT2D eigenvalue weighted by Gasteiger charge is -2.18. The van der Waals surface area contributed by atoms with Crippen LogP contribution in [0.15, 0.2) is 83.1 Å². The number of hydrogen-bond acceptors (Lipinski definition) is 4. The fourth-order valence-electron chi connectivity index (χ4n) is 3.11. The predicted molar refractivity (Wildman–Crippen MR) is 122 cm³/mol. The van der Waals surface area contributed by atoms with Gasteiger partial charge in [0.25, 0.3) is 11.8 Å². The molecule has 1 heterocycles. The van der Waals surface area contributed by atoms with Gasteiger partial charge in [-0.3, -0.25) is 14.5 Å². The summed E-state index contributed by atoms with van der Waals surface area (Å²) in [5.74, 6) is -0.335. The molecule has 2 amide bonds. The molecule has 160 valence electrons. The highest BCUT2D eigenvalue weighted by atomic mass is 16.3. The van der Waals surface area contributed by atoms with Crippen molar-refractivity contribution >= 4 is 23.6 Å². The first-order valence-corrected chi connectivity index (χ1v) is 10.3. The van der Waals surface area contributed by atoms with Gasteiger partial charge in [-0.1, -0.05) is 44.2 Å². The first kappa shape index (κ1) is 22.1. The highest BCUT2D eigenvalue weighted by molar-refractivity contribution is 6.10. The van der Waals surface area contributed by atoms with Gasteiger partial charge in [0, 0.05) is 23.9 Å². The number of amides is 2. The van der Waals surface area contributed by atoms with E-state index in [0.29, 0.717) is 17.0 Å². The molecular weight excluding hydrogens is 390 g/mol. The number of nitrogens with one attached hydrogen (secondary N) is 2. The molecule has 3 aromatic rings. The maximum Gasteiger partial charge on any atom is 0.272 e. The maximum absolute atomic E-state index is 13.0. The van der Waals surface area contributed by atoms with Crippen LogP contribution in [-0.2, 0) is 11.3 Å². The zero-order chi connectivity index (χ0) is 22.1. The Morgan fingerprint density at radius 2 is 1.74 bits per heavy atom. The third-order valence-electron chi connectivity index (χ3n) is 4.84. The number of carbonyl (C=O) groups is 2. The monoisotopic (exact) mass is 417 g/mol. The van der Waals surface area contributed by atoms with Crippen LogP contribution in [0.3, 0.4) is 0 Å². The number of nitrogens with zero attached hydrogens (tertiary/aromatic N) is 1. The summed E-state index contributed by atoms with van der Waals surface area (Å²) in [6, 6.07) is 19.9. The van der Waals surface area contributed by atoms with Gasteiger partial charge in [-0.25, -0.2) is 0 Å². The predicted octanol–water partition coefficient (Wildman–Crippen LogP) is 4.53. The van der Waals surface area contributed by atoms with Crippen LogP contribution < -0.4 is 10.6 Å². The Bertz CT molecular complexity index is 1020. The summed E-state index contributed by atoms with van der Waals surface area (Å²) in [5.41, 5.74) is 2.32. The van der Waals surface area contributed by atoms with Crippen molar-refractivity contribution < 1.29 is 14.0 Å². The molecule has 31 heavy (non-hydrogen) atoms. The molecule has 6 heteroatoms. The molecule has 0 radical (unpaired) electrons. The summed E-state index contributed by atoms with van der Waals surface area (Å²) in [7, 11) is 0. The Balaban J connectivity index is 1.78. The van der Waals surface area contributed by atoms with Gasteiger partial charge in [-0.05, 0) is 55.1 Å². The van der Waals surface area contributed by atoms with Gasteiger partial charge >= 0.3 is 0 Å². The zero-order valence-corrected chi connectivity index (χ0v) is 17.8. The second kappa shape index (κ2) is 10.9. The summed E-state index contributed by atoms with van der Waals surface area (Å²) >= 11 is 0. The second-order valence-corrected chi connectivity index (χ2v) is 7.01. The minimum absolute atomic E-state index is 0.0953. The molecule has 0 aliphatic carbocycles. The van der Waals surface area contributed by atoms with Crippen molar-refractivity contribution in [3.05, 3.63) is 95.6 Å². The van der Waals surface area contributed by atoms with Crippen molar-refractivity contribution in [1.82, 2.24) is 10.2 Å². The molecule has 6 nitrogen and oxygen atoms in total. The molecule has 3 rings (SSSR count). The van der Waals surface area contributed by atoms with Crippen LogP contribution in [-0.4, -0.2) is 29.8 Å². The van der Waals surface area contributed by atoms with E-state index in [4.69, 9.17) is 4.42 Å². The average Bonchev–Trinajstić information content (AvgIpc) is 3.31. The van der Waals surface area contributed by atoms with E-state index >= 15 is 0 Å². The van der Waals surface area contributed by atoms with E-state index in [1.807, 2.05) is 30.3 Å². The van der Waals surface area contributed by atoms with Gasteiger partial charge < -0.3 is 15.1 Å². The third-order valence-corrected chi connectivity index (χ3v) is 4.84. The average molecular weight is 418 g/mol. The molecular formula is C25H27N3O3. The van der Waals surface area contributed by atoms with E-state index in [1.165, 1.54) is 12.3 Å². The van der Waals surface area contributed by atoms with E-state index in [0.717, 1.165) is 25.2 Å². The van der Waals surface area contributed by atoms with Gasteiger partial charge in [0.15, 0.2) is 0 Å². The van der Waals surface area contributed by atoms with Crippen LogP contribution in [0.2, 0.25) is 0 Å². The summed E-state index contributed by atoms with van der Waals surface area (Å²) < 4.78 is 5.33. The Morgan fingerprint density at radius 1 is 0.968 bits per heavy atom. The van der Waals surface area contributed by atoms with Gasteiger partial charge in [-0.2, -0.15) is 0 Å². The molecule has 0 aliphatic heterocycles. The zero-order valence-electron chi connectivity index (χ0n) is 17.8. The van der Waals surface area contributed by atoms with Gasteiger partial charge in [0.05, 0.1) is 6.26 Å². The molecule has 0 saturated carbocycles. The quantitative estimate of drug-likeness (QED) is 0.502. The summed E-state index contributed by atoms with van der Waals surface area (Å²) in [6.07, 6.45) is 3.02. The largest absolute Gasteiger partial charge is 0.465 e. The molecule has 0 unspecified atom stereocenters. The third kappa shape index (κ3) is 6.42. The fourth-order valence-corrected chi connectivity index (χ4v) is 3.11. The molecule has 0 bridgehead atoms. The highest BCUT2D eigenvalue weighted by Crippen LogP contribution is 2.15. The molecule has 2 aromatic carbocycles. The van der Waals surface area contributed by atoms with E-state index < -0.39 is 5.91 Å². The van der Waals surface area contributed by atoms with Crippen LogP contribution in [0.25, 0.3) is 6.08 Å². The number of furan rings is 1. The summed E-state index contributed by atoms with van der Waals surface area (Å²) in [4.78, 5) is 27.9. The van der Waals surface area contributed by atoms with E-state index in [-0.39, 0.29) is 11.6 Å². The van der Waals surface area contributed by atoms with Gasteiger partial charge in [0.2, 0.25) is 0 Å². The van der Waals surface area contributed by atoms with Gasteiger partial charge in [-0.15, -0.1) is 0 Å². The Labute approximate surface area is 182 Å². The van der Waals surface area contributed by atoms with Crippen LogP contribution in [0.5, 0.6) is 0 Å². The molecule has 0 saturated heterocycles. The van der Waals surface area contributed by atoms with Crippen molar-refractivity contribution in [2.24, 2.45) is 0 Å². The molecule has 1 aromatic heterocycles. The number of anilines is 1. The molecule has 0 aliphatic rings. The smallest absolute Gasteiger partial charge is 0.272 e. The second-order valence-electron chi connectivity index (χ2n) is 7.01. The standard InChI is InChI=1S/C25H27N3O3/c1-3-28(4-2)18-19-10-8-13-21(16-19)26-25(30)23(17-22-14-9-15-31-22)27-24(29)20-11-6-5-7-12-20/h5-17H,3-4,18H2,1-2H3,(H,26,30)(H,27,29)/b23-17-. The maximum atomic E-state index is 13.0. The number of benzene rings is 2. The lowest BCUT2D eigenvalue weighted by atomic mass is 10.1. The number of rotatable bonds is 9. The van der Waals surface area contributed by atoms with E-state index in [9.17, 15) is 9.59 Å². The summed E-state index contributed by atoms with van der Waals surface area (Å²) in [6.45, 7) is 6.95. The molecule has 2 N–H and O–H groups in total. The van der Waals surface area contributed by atoms with Crippen LogP contribution in [0.4, 0.5) is 5.69 Å². The van der Waals surface area contributed by atoms with E-state index in [2.05, 4.69) is 29.4 Å². The number of hydrogen-bond donors (Lipinski definition) is 2. The minimum Gasteiger partial charge on any atom is -0.465 e. The molecule has 0 spiro atoms. The minimum atomic E-state index is -0.430. The van der Waals surface area contributed by atoms with Crippen LogP contribution in [0, 0.1) is 0 Å². The Morgan fingerprint density at radius 3 is 2.42 bits per heavy atom. The molecule has 0 fully saturated rings. The highest BCUT2D eigenvalue weighted by Gasteiger charge is 2.16. The van der Waals surface area contributed by atoms with Crippen molar-refractivity contribution in [2.45, 2.75) is 20.4 Å². The lowest BCUT2D eigenvalue weighted by molar-refractivity contribution is -0.113. The summed E-state index contributed by atoms with van der Waals surface area (Å²) in [5, 5.41) is 5.58. The molecule has 0 atom stereocenters. The first-order valence-electron chi connectivity index (χ1n) is 10.3. The van der Waals surface area contributed by atoms with E-state index in [1.54, 1.807) is 36.4 Å². The van der Waals surface area contributed by atoms with Crippen LogP contribution >= 0.6 is 0 Å². The van der Waals surface area contributed by atoms with Crippen LogP contribution in [0.1, 0.15) is 35.5 Å². The van der Waals surface area contributed by atoms with Crippen molar-refractivity contribution in [1.29, 1.82) is 0 Å². The Kier molecular flexibility index (Phi) is 7.79. The normalized spacial score (nSPS) is 11.4. The SMILES string of the molecule is CCN(CC)Cc1cccc(NC(=O)/C(=C/c2ccco2)NC(=O)c2ccccc2)c1. The fraction of sp³-hybridized carbons (Fsp3) is 0.200.